The third kappa shape index (κ3) is 1.38. The summed E-state index contributed by atoms with van der Waals surface area (Å²) in [6.07, 6.45) is 11.3. The van der Waals surface area contributed by atoms with Gasteiger partial charge in [-0.25, -0.2) is 0 Å². The lowest BCUT2D eigenvalue weighted by Gasteiger charge is -2.06. The fraction of sp³-hybridized carbons (Fsp3) is 0. The van der Waals surface area contributed by atoms with Crippen LogP contribution >= 0.6 is 11.8 Å². The van der Waals surface area contributed by atoms with Crippen LogP contribution in [0.25, 0.3) is 0 Å². The summed E-state index contributed by atoms with van der Waals surface area (Å²) in [4.78, 5) is 1.10. The largest absolute Gasteiger partial charge is 0.508 e. The SMILES string of the molecule is OC1=CC=CC2=CC=CSC2=C1. The summed E-state index contributed by atoms with van der Waals surface area (Å²) in [5.74, 6) is 0.312. The van der Waals surface area contributed by atoms with Gasteiger partial charge >= 0.3 is 0 Å². The molecule has 2 aliphatic rings. The van der Waals surface area contributed by atoms with Gasteiger partial charge in [-0.3, -0.25) is 0 Å². The zero-order chi connectivity index (χ0) is 8.39. The molecule has 2 rings (SSSR count). The highest BCUT2D eigenvalue weighted by molar-refractivity contribution is 8.06. The Morgan fingerprint density at radius 1 is 1.17 bits per heavy atom. The molecule has 0 atom stereocenters. The highest BCUT2D eigenvalue weighted by atomic mass is 32.2. The number of aliphatic hydroxyl groups excluding tert-OH is 1. The topological polar surface area (TPSA) is 20.2 Å². The van der Waals surface area contributed by atoms with Crippen molar-refractivity contribution in [2.45, 2.75) is 0 Å². The van der Waals surface area contributed by atoms with Gasteiger partial charge in [0.05, 0.1) is 0 Å². The molecule has 0 spiro atoms. The fourth-order valence-electron chi connectivity index (χ4n) is 1.09. The molecular weight excluding hydrogens is 168 g/mol. The molecule has 60 valence electrons. The van der Waals surface area contributed by atoms with E-state index in [9.17, 15) is 5.11 Å². The van der Waals surface area contributed by atoms with E-state index in [2.05, 4.69) is 0 Å². The number of rotatable bonds is 0. The smallest absolute Gasteiger partial charge is 0.116 e. The zero-order valence-electron chi connectivity index (χ0n) is 6.40. The molecule has 12 heavy (non-hydrogen) atoms. The maximum Gasteiger partial charge on any atom is 0.116 e. The van der Waals surface area contributed by atoms with Gasteiger partial charge in [-0.1, -0.05) is 36.1 Å². The van der Waals surface area contributed by atoms with Crippen LogP contribution in [0.15, 0.2) is 58.1 Å². The second-order valence-electron chi connectivity index (χ2n) is 2.53. The van der Waals surface area contributed by atoms with Gasteiger partial charge in [-0.15, -0.1) is 0 Å². The summed E-state index contributed by atoms with van der Waals surface area (Å²) in [5, 5.41) is 11.3. The quantitative estimate of drug-likeness (QED) is 0.612. The molecule has 0 bridgehead atoms. The molecule has 2 heteroatoms. The van der Waals surface area contributed by atoms with Crippen LogP contribution in [0, 0.1) is 0 Å². The third-order valence-electron chi connectivity index (χ3n) is 1.66. The van der Waals surface area contributed by atoms with Crippen molar-refractivity contribution in [2.24, 2.45) is 0 Å². The normalized spacial score (nSPS) is 20.5. The predicted octanol–water partition coefficient (Wildman–Crippen LogP) is 3.07. The van der Waals surface area contributed by atoms with Crippen LogP contribution in [0.1, 0.15) is 0 Å². The van der Waals surface area contributed by atoms with Crippen LogP contribution < -0.4 is 0 Å². The molecule has 0 saturated heterocycles. The van der Waals surface area contributed by atoms with Crippen molar-refractivity contribution in [1.29, 1.82) is 0 Å². The van der Waals surface area contributed by atoms with Crippen LogP contribution in [-0.4, -0.2) is 5.11 Å². The van der Waals surface area contributed by atoms with Crippen molar-refractivity contribution < 1.29 is 5.11 Å². The first kappa shape index (κ1) is 7.50. The molecule has 0 fully saturated rings. The van der Waals surface area contributed by atoms with E-state index in [4.69, 9.17) is 0 Å². The molecule has 0 amide bonds. The van der Waals surface area contributed by atoms with Crippen LogP contribution in [0.2, 0.25) is 0 Å². The zero-order valence-corrected chi connectivity index (χ0v) is 7.21. The minimum Gasteiger partial charge on any atom is -0.508 e. The summed E-state index contributed by atoms with van der Waals surface area (Å²) in [6.45, 7) is 0. The third-order valence-corrected chi connectivity index (χ3v) is 2.56. The van der Waals surface area contributed by atoms with Gasteiger partial charge in [-0.2, -0.15) is 0 Å². The van der Waals surface area contributed by atoms with Crippen LogP contribution in [0.4, 0.5) is 0 Å². The number of aliphatic hydroxyl groups is 1. The standard InChI is InChI=1S/C10H8OS/c11-9-5-1-3-8-4-2-6-12-10(8)7-9/h1-7,11H. The van der Waals surface area contributed by atoms with E-state index in [1.54, 1.807) is 23.9 Å². The van der Waals surface area contributed by atoms with Gasteiger partial charge < -0.3 is 5.11 Å². The number of hydrogen-bond acceptors (Lipinski definition) is 2. The van der Waals surface area contributed by atoms with Crippen LogP contribution in [-0.2, 0) is 0 Å². The Labute approximate surface area is 75.5 Å². The molecular formula is C10H8OS. The molecule has 0 aromatic carbocycles. The first-order valence-electron chi connectivity index (χ1n) is 3.69. The minimum absolute atomic E-state index is 0.312. The highest BCUT2D eigenvalue weighted by Gasteiger charge is 2.06. The van der Waals surface area contributed by atoms with Gasteiger partial charge in [0.2, 0.25) is 0 Å². The number of hydrogen-bond donors (Lipinski definition) is 1. The Bertz CT molecular complexity index is 343. The van der Waals surface area contributed by atoms with Crippen LogP contribution in [0.5, 0.6) is 0 Å². The maximum absolute atomic E-state index is 9.30. The van der Waals surface area contributed by atoms with E-state index >= 15 is 0 Å². The summed E-state index contributed by atoms with van der Waals surface area (Å²) in [5.41, 5.74) is 1.16. The van der Waals surface area contributed by atoms with Crippen molar-refractivity contribution >= 4 is 11.8 Å². The Morgan fingerprint density at radius 3 is 3.00 bits per heavy atom. The Balaban J connectivity index is 2.45. The molecule has 1 nitrogen and oxygen atoms in total. The average Bonchev–Trinajstić information content (AvgIpc) is 2.25. The summed E-state index contributed by atoms with van der Waals surface area (Å²) in [7, 11) is 0. The molecule has 0 saturated carbocycles. The van der Waals surface area contributed by atoms with E-state index in [0.29, 0.717) is 5.76 Å². The number of fused-ring (bicyclic) bond motifs is 1. The molecule has 1 aliphatic carbocycles. The molecule has 0 radical (unpaired) electrons. The molecule has 1 N–H and O–H groups in total. The van der Waals surface area contributed by atoms with E-state index in [1.807, 2.05) is 29.7 Å². The summed E-state index contributed by atoms with van der Waals surface area (Å²) >= 11 is 1.62. The number of allylic oxidation sites excluding steroid dienone is 7. The lowest BCUT2D eigenvalue weighted by molar-refractivity contribution is 0.432. The summed E-state index contributed by atoms with van der Waals surface area (Å²) < 4.78 is 0. The average molecular weight is 176 g/mol. The van der Waals surface area contributed by atoms with Crippen LogP contribution in [0.3, 0.4) is 0 Å². The van der Waals surface area contributed by atoms with Gasteiger partial charge in [0.25, 0.3) is 0 Å². The van der Waals surface area contributed by atoms with Crippen molar-refractivity contribution in [2.75, 3.05) is 0 Å². The van der Waals surface area contributed by atoms with Gasteiger partial charge in [-0.05, 0) is 23.1 Å². The van der Waals surface area contributed by atoms with Crippen molar-refractivity contribution in [1.82, 2.24) is 0 Å². The van der Waals surface area contributed by atoms with E-state index < -0.39 is 0 Å². The Hall–Kier alpha value is -1.15. The predicted molar refractivity (Wildman–Crippen MR) is 52.7 cm³/mol. The molecule has 0 unspecified atom stereocenters. The lowest BCUT2D eigenvalue weighted by Crippen LogP contribution is -1.84. The molecule has 1 heterocycles. The van der Waals surface area contributed by atoms with Gasteiger partial charge in [0.15, 0.2) is 0 Å². The van der Waals surface area contributed by atoms with E-state index in [1.165, 1.54) is 0 Å². The van der Waals surface area contributed by atoms with E-state index in [0.717, 1.165) is 10.5 Å². The van der Waals surface area contributed by atoms with Crippen molar-refractivity contribution in [3.05, 3.63) is 58.1 Å². The molecule has 0 aromatic heterocycles. The fourth-order valence-corrected chi connectivity index (χ4v) is 1.86. The highest BCUT2D eigenvalue weighted by Crippen LogP contribution is 2.31. The van der Waals surface area contributed by atoms with Gasteiger partial charge in [0.1, 0.15) is 5.76 Å². The van der Waals surface area contributed by atoms with Gasteiger partial charge in [0, 0.05) is 4.91 Å². The number of thioether (sulfide) groups is 1. The van der Waals surface area contributed by atoms with E-state index in [-0.39, 0.29) is 0 Å². The second kappa shape index (κ2) is 3.07. The van der Waals surface area contributed by atoms with Crippen molar-refractivity contribution in [3.63, 3.8) is 0 Å². The van der Waals surface area contributed by atoms with Crippen molar-refractivity contribution in [3.8, 4) is 0 Å². The Kier molecular flexibility index (Phi) is 1.92. The second-order valence-corrected chi connectivity index (χ2v) is 3.48. The molecule has 0 aromatic rings. The first-order chi connectivity index (χ1) is 5.86. The first-order valence-corrected chi connectivity index (χ1v) is 4.57. The Morgan fingerprint density at radius 2 is 2.08 bits per heavy atom. The molecule has 1 aliphatic heterocycles. The maximum atomic E-state index is 9.30. The summed E-state index contributed by atoms with van der Waals surface area (Å²) in [6, 6.07) is 0. The lowest BCUT2D eigenvalue weighted by atomic mass is 10.2. The minimum atomic E-state index is 0.312. The monoisotopic (exact) mass is 176 g/mol.